The Labute approximate surface area is 112 Å². The van der Waals surface area contributed by atoms with Gasteiger partial charge in [-0.2, -0.15) is 0 Å². The minimum Gasteiger partial charge on any atom is -0.380 e. The molecule has 1 saturated carbocycles. The highest BCUT2D eigenvalue weighted by Crippen LogP contribution is 2.37. The van der Waals surface area contributed by atoms with Crippen molar-refractivity contribution in [3.05, 3.63) is 0 Å². The molecule has 0 aromatic heterocycles. The van der Waals surface area contributed by atoms with Gasteiger partial charge in [-0.05, 0) is 33.6 Å². The molecule has 3 nitrogen and oxygen atoms in total. The van der Waals surface area contributed by atoms with Gasteiger partial charge in [-0.3, -0.25) is 4.90 Å². The fourth-order valence-electron chi connectivity index (χ4n) is 3.56. The van der Waals surface area contributed by atoms with Crippen LogP contribution in [0, 0.1) is 0 Å². The Balaban J connectivity index is 2.10. The second-order valence-corrected chi connectivity index (χ2v) is 6.95. The molecule has 1 spiro atoms. The predicted octanol–water partition coefficient (Wildman–Crippen LogP) is 2.41. The first-order valence-corrected chi connectivity index (χ1v) is 7.50. The summed E-state index contributed by atoms with van der Waals surface area (Å²) in [6.45, 7) is 10.2. The molecule has 18 heavy (non-hydrogen) atoms. The van der Waals surface area contributed by atoms with Crippen molar-refractivity contribution < 1.29 is 4.74 Å². The third-order valence-electron chi connectivity index (χ3n) is 4.82. The first-order chi connectivity index (χ1) is 8.47. The van der Waals surface area contributed by atoms with Crippen molar-refractivity contribution >= 4 is 0 Å². The summed E-state index contributed by atoms with van der Waals surface area (Å²) in [7, 11) is 1.82. The van der Waals surface area contributed by atoms with Crippen LogP contribution in [0.25, 0.3) is 0 Å². The largest absolute Gasteiger partial charge is 0.380 e. The van der Waals surface area contributed by atoms with Crippen LogP contribution in [-0.2, 0) is 4.74 Å². The quantitative estimate of drug-likeness (QED) is 0.837. The van der Waals surface area contributed by atoms with Gasteiger partial charge in [-0.25, -0.2) is 0 Å². The maximum atomic E-state index is 5.49. The SMILES string of the molecule is COC(C)CN1CC(C)(C)NCC12CCCCC2. The predicted molar refractivity (Wildman–Crippen MR) is 75.9 cm³/mol. The number of nitrogens with zero attached hydrogens (tertiary/aromatic N) is 1. The molecule has 3 heteroatoms. The third-order valence-corrected chi connectivity index (χ3v) is 4.82. The fourth-order valence-corrected chi connectivity index (χ4v) is 3.56. The van der Waals surface area contributed by atoms with E-state index >= 15 is 0 Å². The number of piperazine rings is 1. The lowest BCUT2D eigenvalue weighted by atomic mass is 9.77. The van der Waals surface area contributed by atoms with Gasteiger partial charge in [0.15, 0.2) is 0 Å². The monoisotopic (exact) mass is 254 g/mol. The van der Waals surface area contributed by atoms with E-state index in [0.29, 0.717) is 11.6 Å². The van der Waals surface area contributed by atoms with Gasteiger partial charge in [0.2, 0.25) is 0 Å². The molecule has 2 fully saturated rings. The molecule has 1 N–H and O–H groups in total. The third kappa shape index (κ3) is 3.06. The molecule has 2 rings (SSSR count). The second kappa shape index (κ2) is 5.48. The molecule has 2 aliphatic rings. The number of nitrogens with one attached hydrogen (secondary N) is 1. The van der Waals surface area contributed by atoms with Gasteiger partial charge in [0.25, 0.3) is 0 Å². The lowest BCUT2D eigenvalue weighted by Gasteiger charge is -2.55. The normalized spacial score (nSPS) is 29.3. The van der Waals surface area contributed by atoms with E-state index in [1.807, 2.05) is 7.11 Å². The second-order valence-electron chi connectivity index (χ2n) is 6.95. The molecule has 1 heterocycles. The summed E-state index contributed by atoms with van der Waals surface area (Å²) in [6, 6.07) is 0. The lowest BCUT2D eigenvalue weighted by Crippen LogP contribution is -2.69. The lowest BCUT2D eigenvalue weighted by molar-refractivity contribution is -0.0402. The summed E-state index contributed by atoms with van der Waals surface area (Å²) >= 11 is 0. The standard InChI is InChI=1S/C15H30N2O/c1-13(18-4)10-17-12-14(2,3)16-11-15(17)8-6-5-7-9-15/h13,16H,5-12H2,1-4H3. The van der Waals surface area contributed by atoms with Crippen LogP contribution in [-0.4, -0.2) is 48.8 Å². The summed E-state index contributed by atoms with van der Waals surface area (Å²) < 4.78 is 5.49. The van der Waals surface area contributed by atoms with Gasteiger partial charge in [0.05, 0.1) is 6.10 Å². The Morgan fingerprint density at radius 3 is 2.50 bits per heavy atom. The topological polar surface area (TPSA) is 24.5 Å². The number of ether oxygens (including phenoxy) is 1. The summed E-state index contributed by atoms with van der Waals surface area (Å²) in [6.07, 6.45) is 7.23. The van der Waals surface area contributed by atoms with E-state index in [9.17, 15) is 0 Å². The molecule has 1 saturated heterocycles. The van der Waals surface area contributed by atoms with Crippen LogP contribution < -0.4 is 5.32 Å². The molecule has 0 aromatic rings. The zero-order chi connectivity index (χ0) is 13.2. The van der Waals surface area contributed by atoms with Crippen molar-refractivity contribution in [3.8, 4) is 0 Å². The molecule has 1 atom stereocenters. The minimum absolute atomic E-state index is 0.232. The molecular weight excluding hydrogens is 224 g/mol. The highest BCUT2D eigenvalue weighted by molar-refractivity contribution is 5.03. The van der Waals surface area contributed by atoms with Crippen LogP contribution >= 0.6 is 0 Å². The summed E-state index contributed by atoms with van der Waals surface area (Å²) in [5, 5.41) is 3.76. The van der Waals surface area contributed by atoms with E-state index in [-0.39, 0.29) is 5.54 Å². The molecule has 0 aromatic carbocycles. The van der Waals surface area contributed by atoms with Gasteiger partial charge < -0.3 is 10.1 Å². The Bertz CT molecular complexity index is 272. The van der Waals surface area contributed by atoms with E-state index in [1.165, 1.54) is 32.1 Å². The average Bonchev–Trinajstić information content (AvgIpc) is 2.35. The van der Waals surface area contributed by atoms with Gasteiger partial charge in [-0.15, -0.1) is 0 Å². The van der Waals surface area contributed by atoms with Crippen LogP contribution in [0.3, 0.4) is 0 Å². The summed E-state index contributed by atoms with van der Waals surface area (Å²) in [5.41, 5.74) is 0.636. The zero-order valence-electron chi connectivity index (χ0n) is 12.6. The van der Waals surface area contributed by atoms with Crippen LogP contribution in [0.5, 0.6) is 0 Å². The molecule has 1 aliphatic heterocycles. The van der Waals surface area contributed by atoms with E-state index in [1.54, 1.807) is 0 Å². The Hall–Kier alpha value is -0.120. The van der Waals surface area contributed by atoms with E-state index in [2.05, 4.69) is 31.0 Å². The number of hydrogen-bond acceptors (Lipinski definition) is 3. The number of rotatable bonds is 3. The van der Waals surface area contributed by atoms with Crippen LogP contribution in [0.4, 0.5) is 0 Å². The minimum atomic E-state index is 0.232. The van der Waals surface area contributed by atoms with Crippen LogP contribution in [0.2, 0.25) is 0 Å². The highest BCUT2D eigenvalue weighted by Gasteiger charge is 2.44. The van der Waals surface area contributed by atoms with Gasteiger partial charge >= 0.3 is 0 Å². The van der Waals surface area contributed by atoms with E-state index in [0.717, 1.165) is 19.6 Å². The van der Waals surface area contributed by atoms with E-state index in [4.69, 9.17) is 4.74 Å². The maximum absolute atomic E-state index is 5.49. The van der Waals surface area contributed by atoms with E-state index < -0.39 is 0 Å². The van der Waals surface area contributed by atoms with Gasteiger partial charge in [0, 0.05) is 37.8 Å². The zero-order valence-corrected chi connectivity index (χ0v) is 12.6. The molecular formula is C15H30N2O. The van der Waals surface area contributed by atoms with Crippen molar-refractivity contribution in [2.24, 2.45) is 0 Å². The van der Waals surface area contributed by atoms with Crippen LogP contribution in [0.15, 0.2) is 0 Å². The average molecular weight is 254 g/mol. The summed E-state index contributed by atoms with van der Waals surface area (Å²) in [5.74, 6) is 0. The van der Waals surface area contributed by atoms with Crippen LogP contribution in [0.1, 0.15) is 52.9 Å². The fraction of sp³-hybridized carbons (Fsp3) is 1.00. The molecule has 1 unspecified atom stereocenters. The van der Waals surface area contributed by atoms with Gasteiger partial charge in [0.1, 0.15) is 0 Å². The maximum Gasteiger partial charge on any atom is 0.0670 e. The Morgan fingerprint density at radius 1 is 1.22 bits per heavy atom. The number of hydrogen-bond donors (Lipinski definition) is 1. The smallest absolute Gasteiger partial charge is 0.0670 e. The van der Waals surface area contributed by atoms with Crippen molar-refractivity contribution in [1.82, 2.24) is 10.2 Å². The van der Waals surface area contributed by atoms with Crippen molar-refractivity contribution in [1.29, 1.82) is 0 Å². The highest BCUT2D eigenvalue weighted by atomic mass is 16.5. The van der Waals surface area contributed by atoms with Gasteiger partial charge in [-0.1, -0.05) is 19.3 Å². The molecule has 0 bridgehead atoms. The Morgan fingerprint density at radius 2 is 1.89 bits per heavy atom. The summed E-state index contributed by atoms with van der Waals surface area (Å²) in [4.78, 5) is 2.72. The molecule has 1 aliphatic carbocycles. The molecule has 0 radical (unpaired) electrons. The Kier molecular flexibility index (Phi) is 4.35. The van der Waals surface area contributed by atoms with Crippen molar-refractivity contribution in [2.45, 2.75) is 70.1 Å². The number of methoxy groups -OCH3 is 1. The van der Waals surface area contributed by atoms with Crippen molar-refractivity contribution in [3.63, 3.8) is 0 Å². The molecule has 106 valence electrons. The first kappa shape index (κ1) is 14.3. The van der Waals surface area contributed by atoms with Crippen molar-refractivity contribution in [2.75, 3.05) is 26.7 Å². The molecule has 0 amide bonds. The first-order valence-electron chi connectivity index (χ1n) is 7.50.